The molecule has 0 radical (unpaired) electrons. The number of benzene rings is 1. The van der Waals surface area contributed by atoms with Gasteiger partial charge in [0.1, 0.15) is 11.9 Å². The van der Waals surface area contributed by atoms with Crippen LogP contribution in [0.3, 0.4) is 0 Å². The summed E-state index contributed by atoms with van der Waals surface area (Å²) in [5.74, 6) is -2.45. The van der Waals surface area contributed by atoms with Gasteiger partial charge >= 0.3 is 0 Å². The summed E-state index contributed by atoms with van der Waals surface area (Å²) in [4.78, 5) is 31.4. The average molecular weight is 382 g/mol. The van der Waals surface area contributed by atoms with Gasteiger partial charge in [-0.25, -0.2) is 9.37 Å². The minimum atomic E-state index is -0.843. The molecule has 1 aromatic carbocycles. The molecule has 2 aromatic heterocycles. The Hall–Kier alpha value is -3.75. The van der Waals surface area contributed by atoms with Gasteiger partial charge < -0.3 is 22.1 Å². The Kier molecular flexibility index (Phi) is 5.35. The molecule has 1 unspecified atom stereocenters. The fourth-order valence-electron chi connectivity index (χ4n) is 2.71. The SMILES string of the molecule is CCC(Nc1nc(Nc2ccc3ccncc3c2)c(C(N)=O)cc1F)C(N)=O. The highest BCUT2D eigenvalue weighted by atomic mass is 19.1. The van der Waals surface area contributed by atoms with Crippen molar-refractivity contribution in [2.45, 2.75) is 19.4 Å². The fourth-order valence-corrected chi connectivity index (χ4v) is 2.71. The van der Waals surface area contributed by atoms with Crippen LogP contribution in [0.25, 0.3) is 10.8 Å². The number of hydrogen-bond acceptors (Lipinski definition) is 6. The minimum Gasteiger partial charge on any atom is -0.368 e. The lowest BCUT2D eigenvalue weighted by Crippen LogP contribution is -2.35. The third-order valence-electron chi connectivity index (χ3n) is 4.21. The van der Waals surface area contributed by atoms with E-state index in [1.54, 1.807) is 25.4 Å². The van der Waals surface area contributed by atoms with Gasteiger partial charge in [-0.1, -0.05) is 13.0 Å². The Morgan fingerprint density at radius 3 is 2.61 bits per heavy atom. The largest absolute Gasteiger partial charge is 0.368 e. The number of amides is 2. The van der Waals surface area contributed by atoms with Crippen LogP contribution in [0, 0.1) is 5.82 Å². The number of nitrogens with zero attached hydrogens (tertiary/aromatic N) is 2. The number of nitrogens with one attached hydrogen (secondary N) is 2. The zero-order valence-electron chi connectivity index (χ0n) is 15.1. The molecular weight excluding hydrogens is 363 g/mol. The number of anilines is 3. The van der Waals surface area contributed by atoms with Gasteiger partial charge in [-0.15, -0.1) is 0 Å². The predicted octanol–water partition coefficient (Wildman–Crippen LogP) is 2.29. The summed E-state index contributed by atoms with van der Waals surface area (Å²) >= 11 is 0. The zero-order valence-corrected chi connectivity index (χ0v) is 15.1. The van der Waals surface area contributed by atoms with Crippen molar-refractivity contribution in [3.63, 3.8) is 0 Å². The standard InChI is InChI=1S/C19H19FN6O2/c1-2-15(17(22)28)25-19-14(20)8-13(16(21)27)18(26-19)24-12-4-3-10-5-6-23-9-11(10)7-12/h3-9,15H,2H2,1H3,(H2,21,27)(H2,22,28)(H2,24,25,26). The molecule has 2 amide bonds. The average Bonchev–Trinajstić information content (AvgIpc) is 2.67. The van der Waals surface area contributed by atoms with Crippen LogP contribution in [-0.2, 0) is 4.79 Å². The molecule has 8 nitrogen and oxygen atoms in total. The maximum Gasteiger partial charge on any atom is 0.252 e. The summed E-state index contributed by atoms with van der Waals surface area (Å²) in [6, 6.07) is 7.48. The number of halogens is 1. The maximum atomic E-state index is 14.4. The Morgan fingerprint density at radius 2 is 1.93 bits per heavy atom. The van der Waals surface area contributed by atoms with E-state index in [0.29, 0.717) is 12.1 Å². The number of nitrogens with two attached hydrogens (primary N) is 2. The number of carbonyl (C=O) groups excluding carboxylic acids is 2. The Morgan fingerprint density at radius 1 is 1.14 bits per heavy atom. The van der Waals surface area contributed by atoms with Crippen molar-refractivity contribution in [2.24, 2.45) is 11.5 Å². The molecule has 28 heavy (non-hydrogen) atoms. The van der Waals surface area contributed by atoms with Crippen molar-refractivity contribution < 1.29 is 14.0 Å². The highest BCUT2D eigenvalue weighted by Gasteiger charge is 2.20. The first kappa shape index (κ1) is 19.0. The van der Waals surface area contributed by atoms with E-state index in [0.717, 1.165) is 16.8 Å². The van der Waals surface area contributed by atoms with Gasteiger partial charge in [0.25, 0.3) is 5.91 Å². The van der Waals surface area contributed by atoms with Gasteiger partial charge in [0, 0.05) is 23.5 Å². The van der Waals surface area contributed by atoms with E-state index >= 15 is 0 Å². The van der Waals surface area contributed by atoms with E-state index in [4.69, 9.17) is 11.5 Å². The van der Waals surface area contributed by atoms with E-state index in [1.165, 1.54) is 0 Å². The molecule has 0 aliphatic rings. The summed E-state index contributed by atoms with van der Waals surface area (Å²) in [6.45, 7) is 1.72. The molecule has 0 fully saturated rings. The third kappa shape index (κ3) is 3.98. The molecule has 3 aromatic rings. The van der Waals surface area contributed by atoms with Crippen molar-refractivity contribution in [1.82, 2.24) is 9.97 Å². The number of hydrogen-bond donors (Lipinski definition) is 4. The lowest BCUT2D eigenvalue weighted by atomic mass is 10.1. The Balaban J connectivity index is 2.00. The van der Waals surface area contributed by atoms with Gasteiger partial charge in [-0.3, -0.25) is 14.6 Å². The van der Waals surface area contributed by atoms with Gasteiger partial charge in [0.15, 0.2) is 11.6 Å². The van der Waals surface area contributed by atoms with Crippen LogP contribution in [0.5, 0.6) is 0 Å². The summed E-state index contributed by atoms with van der Waals surface area (Å²) in [7, 11) is 0. The first-order valence-electron chi connectivity index (χ1n) is 8.56. The number of fused-ring (bicyclic) bond motifs is 1. The Labute approximate surface area is 160 Å². The van der Waals surface area contributed by atoms with Crippen molar-refractivity contribution in [3.8, 4) is 0 Å². The molecule has 0 aliphatic heterocycles. The number of pyridine rings is 2. The van der Waals surface area contributed by atoms with Crippen LogP contribution in [0.4, 0.5) is 21.7 Å². The fraction of sp³-hybridized carbons (Fsp3) is 0.158. The molecule has 2 heterocycles. The number of rotatable bonds is 7. The first-order chi connectivity index (χ1) is 13.4. The smallest absolute Gasteiger partial charge is 0.252 e. The second-order valence-corrected chi connectivity index (χ2v) is 6.15. The van der Waals surface area contributed by atoms with Crippen molar-refractivity contribution in [1.29, 1.82) is 0 Å². The minimum absolute atomic E-state index is 0.0546. The molecule has 0 saturated heterocycles. The molecule has 9 heteroatoms. The lowest BCUT2D eigenvalue weighted by molar-refractivity contribution is -0.118. The summed E-state index contributed by atoms with van der Waals surface area (Å²) < 4.78 is 14.4. The molecule has 0 spiro atoms. The lowest BCUT2D eigenvalue weighted by Gasteiger charge is -2.17. The van der Waals surface area contributed by atoms with Crippen LogP contribution in [0.1, 0.15) is 23.7 Å². The van der Waals surface area contributed by atoms with Crippen molar-refractivity contribution in [3.05, 3.63) is 54.1 Å². The second-order valence-electron chi connectivity index (χ2n) is 6.15. The quantitative estimate of drug-likeness (QED) is 0.495. The van der Waals surface area contributed by atoms with Gasteiger partial charge in [-0.2, -0.15) is 0 Å². The second kappa shape index (κ2) is 7.87. The molecule has 144 valence electrons. The van der Waals surface area contributed by atoms with E-state index in [-0.39, 0.29) is 17.2 Å². The highest BCUT2D eigenvalue weighted by Crippen LogP contribution is 2.26. The number of carbonyl (C=O) groups is 2. The van der Waals surface area contributed by atoms with E-state index in [1.807, 2.05) is 18.2 Å². The van der Waals surface area contributed by atoms with Gasteiger partial charge in [-0.05, 0) is 36.1 Å². The maximum absolute atomic E-state index is 14.4. The van der Waals surface area contributed by atoms with E-state index < -0.39 is 23.7 Å². The Bertz CT molecular complexity index is 1060. The van der Waals surface area contributed by atoms with Crippen molar-refractivity contribution >= 4 is 39.9 Å². The third-order valence-corrected chi connectivity index (χ3v) is 4.21. The molecule has 0 bridgehead atoms. The predicted molar refractivity (Wildman–Crippen MR) is 105 cm³/mol. The highest BCUT2D eigenvalue weighted by molar-refractivity contribution is 5.99. The summed E-state index contributed by atoms with van der Waals surface area (Å²) in [6.07, 6.45) is 3.72. The van der Waals surface area contributed by atoms with Crippen LogP contribution in [0.15, 0.2) is 42.7 Å². The summed E-state index contributed by atoms with van der Waals surface area (Å²) in [5, 5.41) is 7.48. The van der Waals surface area contributed by atoms with Crippen LogP contribution in [0.2, 0.25) is 0 Å². The van der Waals surface area contributed by atoms with E-state index in [9.17, 15) is 14.0 Å². The molecule has 3 rings (SSSR count). The van der Waals surface area contributed by atoms with Crippen molar-refractivity contribution in [2.75, 3.05) is 10.6 Å². The monoisotopic (exact) mass is 382 g/mol. The first-order valence-corrected chi connectivity index (χ1v) is 8.56. The van der Waals surface area contributed by atoms with Gasteiger partial charge in [0.05, 0.1) is 5.56 Å². The molecule has 6 N–H and O–H groups in total. The topological polar surface area (TPSA) is 136 Å². The number of aromatic nitrogens is 2. The molecule has 0 saturated carbocycles. The molecule has 1 atom stereocenters. The van der Waals surface area contributed by atoms with E-state index in [2.05, 4.69) is 20.6 Å². The van der Waals surface area contributed by atoms with Crippen LogP contribution in [-0.4, -0.2) is 27.8 Å². The van der Waals surface area contributed by atoms with Crippen LogP contribution >= 0.6 is 0 Å². The zero-order chi connectivity index (χ0) is 20.3. The molecular formula is C19H19FN6O2. The number of primary amides is 2. The van der Waals surface area contributed by atoms with Gasteiger partial charge in [0.2, 0.25) is 5.91 Å². The normalized spacial score (nSPS) is 11.8. The molecule has 0 aliphatic carbocycles. The summed E-state index contributed by atoms with van der Waals surface area (Å²) in [5.41, 5.74) is 11.1. The van der Waals surface area contributed by atoms with Crippen LogP contribution < -0.4 is 22.1 Å².